The van der Waals surface area contributed by atoms with Crippen molar-refractivity contribution in [3.05, 3.63) is 18.3 Å². The molecule has 2 heterocycles. The highest BCUT2D eigenvalue weighted by molar-refractivity contribution is 7.92. The van der Waals surface area contributed by atoms with Crippen LogP contribution in [0.2, 0.25) is 0 Å². The first-order valence-corrected chi connectivity index (χ1v) is 7.29. The van der Waals surface area contributed by atoms with Crippen LogP contribution in [0.1, 0.15) is 12.8 Å². The van der Waals surface area contributed by atoms with Crippen LogP contribution < -0.4 is 10.1 Å². The van der Waals surface area contributed by atoms with Crippen LogP contribution in [0.15, 0.2) is 18.3 Å². The highest BCUT2D eigenvalue weighted by Gasteiger charge is 2.30. The van der Waals surface area contributed by atoms with Gasteiger partial charge >= 0.3 is 0 Å². The zero-order valence-electron chi connectivity index (χ0n) is 9.72. The van der Waals surface area contributed by atoms with Gasteiger partial charge in [-0.15, -0.1) is 0 Å². The molecule has 2 rings (SSSR count). The molecule has 1 unspecified atom stereocenters. The van der Waals surface area contributed by atoms with Crippen LogP contribution in [0.3, 0.4) is 0 Å². The van der Waals surface area contributed by atoms with Gasteiger partial charge in [-0.3, -0.25) is 0 Å². The quantitative estimate of drug-likeness (QED) is 0.873. The smallest absolute Gasteiger partial charge is 0.214 e. The molecule has 0 radical (unpaired) electrons. The molecule has 1 aromatic rings. The molecule has 1 atom stereocenters. The standard InChI is InChI=1S/C11H16N2O3S/c1-16-11-7-9(4-5-12-11)13-8-10-3-2-6-17(10,14)15/h4-5,7,10H,2-3,6,8H2,1H3,(H,12,13). The molecule has 1 saturated heterocycles. The van der Waals surface area contributed by atoms with E-state index in [1.54, 1.807) is 25.4 Å². The van der Waals surface area contributed by atoms with Gasteiger partial charge in [0, 0.05) is 24.5 Å². The number of aromatic nitrogens is 1. The number of pyridine rings is 1. The van der Waals surface area contributed by atoms with Crippen molar-refractivity contribution in [3.63, 3.8) is 0 Å². The van der Waals surface area contributed by atoms with Gasteiger partial charge < -0.3 is 10.1 Å². The minimum absolute atomic E-state index is 0.262. The summed E-state index contributed by atoms with van der Waals surface area (Å²) in [4.78, 5) is 3.99. The van der Waals surface area contributed by atoms with Gasteiger partial charge in [-0.25, -0.2) is 13.4 Å². The summed E-state index contributed by atoms with van der Waals surface area (Å²) >= 11 is 0. The SMILES string of the molecule is COc1cc(NCC2CCCS2(=O)=O)ccn1. The molecule has 1 aliphatic rings. The predicted molar refractivity (Wildman–Crippen MR) is 66.1 cm³/mol. The Labute approximate surface area is 101 Å². The third-order valence-electron chi connectivity index (χ3n) is 2.94. The van der Waals surface area contributed by atoms with E-state index in [-0.39, 0.29) is 5.25 Å². The minimum atomic E-state index is -2.88. The van der Waals surface area contributed by atoms with Crippen LogP contribution >= 0.6 is 0 Å². The molecule has 0 saturated carbocycles. The van der Waals surface area contributed by atoms with Crippen LogP contribution in [0.5, 0.6) is 5.88 Å². The Kier molecular flexibility index (Phi) is 3.51. The van der Waals surface area contributed by atoms with E-state index in [1.165, 1.54) is 0 Å². The summed E-state index contributed by atoms with van der Waals surface area (Å²) in [5.41, 5.74) is 0.832. The molecule has 17 heavy (non-hydrogen) atoms. The van der Waals surface area contributed by atoms with E-state index in [4.69, 9.17) is 4.74 Å². The Hall–Kier alpha value is -1.30. The molecule has 6 heteroatoms. The molecular formula is C11H16N2O3S. The van der Waals surface area contributed by atoms with Crippen molar-refractivity contribution in [3.8, 4) is 5.88 Å². The Morgan fingerprint density at radius 3 is 3.06 bits per heavy atom. The van der Waals surface area contributed by atoms with Gasteiger partial charge in [0.05, 0.1) is 18.1 Å². The lowest BCUT2D eigenvalue weighted by molar-refractivity contribution is 0.398. The monoisotopic (exact) mass is 256 g/mol. The number of hydrogen-bond acceptors (Lipinski definition) is 5. The summed E-state index contributed by atoms with van der Waals surface area (Å²) in [5.74, 6) is 0.836. The average Bonchev–Trinajstić information content (AvgIpc) is 2.66. The number of nitrogens with zero attached hydrogens (tertiary/aromatic N) is 1. The number of ether oxygens (including phenoxy) is 1. The average molecular weight is 256 g/mol. The van der Waals surface area contributed by atoms with Crippen LogP contribution in [0.25, 0.3) is 0 Å². The maximum atomic E-state index is 11.6. The first kappa shape index (κ1) is 12.2. The summed E-state index contributed by atoms with van der Waals surface area (Å²) in [6.07, 6.45) is 3.15. The fourth-order valence-corrected chi connectivity index (χ4v) is 3.72. The van der Waals surface area contributed by atoms with Gasteiger partial charge in [-0.2, -0.15) is 0 Å². The van der Waals surface area contributed by atoms with Crippen molar-refractivity contribution in [1.29, 1.82) is 0 Å². The van der Waals surface area contributed by atoms with E-state index < -0.39 is 9.84 Å². The molecule has 1 aliphatic heterocycles. The Bertz CT molecular complexity index is 487. The largest absolute Gasteiger partial charge is 0.481 e. The lowest BCUT2D eigenvalue weighted by Crippen LogP contribution is -2.25. The van der Waals surface area contributed by atoms with Crippen LogP contribution in [-0.2, 0) is 9.84 Å². The van der Waals surface area contributed by atoms with Crippen LogP contribution in [0, 0.1) is 0 Å². The molecule has 5 nitrogen and oxygen atoms in total. The minimum Gasteiger partial charge on any atom is -0.481 e. The van der Waals surface area contributed by atoms with Gasteiger partial charge in [0.15, 0.2) is 9.84 Å². The van der Waals surface area contributed by atoms with Crippen molar-refractivity contribution < 1.29 is 13.2 Å². The molecular weight excluding hydrogens is 240 g/mol. The van der Waals surface area contributed by atoms with E-state index in [2.05, 4.69) is 10.3 Å². The number of sulfone groups is 1. The first-order valence-electron chi connectivity index (χ1n) is 5.57. The molecule has 0 bridgehead atoms. The van der Waals surface area contributed by atoms with E-state index in [0.29, 0.717) is 18.2 Å². The summed E-state index contributed by atoms with van der Waals surface area (Å²) in [6.45, 7) is 0.454. The second-order valence-electron chi connectivity index (χ2n) is 4.10. The fourth-order valence-electron chi connectivity index (χ4n) is 1.95. The van der Waals surface area contributed by atoms with Gasteiger partial charge in [0.25, 0.3) is 0 Å². The third kappa shape index (κ3) is 2.88. The molecule has 1 N–H and O–H groups in total. The van der Waals surface area contributed by atoms with Crippen molar-refractivity contribution in [2.24, 2.45) is 0 Å². The molecule has 94 valence electrons. The van der Waals surface area contributed by atoms with E-state index in [0.717, 1.165) is 18.5 Å². The Balaban J connectivity index is 1.98. The first-order chi connectivity index (χ1) is 8.12. The summed E-state index contributed by atoms with van der Waals surface area (Å²) < 4.78 is 28.3. The van der Waals surface area contributed by atoms with Gasteiger partial charge in [0.1, 0.15) is 0 Å². The summed E-state index contributed by atoms with van der Waals surface area (Å²) in [6, 6.07) is 3.55. The van der Waals surface area contributed by atoms with Crippen molar-refractivity contribution in [2.45, 2.75) is 18.1 Å². The molecule has 0 aliphatic carbocycles. The zero-order valence-corrected chi connectivity index (χ0v) is 10.5. The van der Waals surface area contributed by atoms with E-state index in [9.17, 15) is 8.42 Å². The Morgan fingerprint density at radius 2 is 2.41 bits per heavy atom. The van der Waals surface area contributed by atoms with Gasteiger partial charge in [-0.1, -0.05) is 0 Å². The van der Waals surface area contributed by atoms with Gasteiger partial charge in [-0.05, 0) is 18.9 Å². The second kappa shape index (κ2) is 4.91. The highest BCUT2D eigenvalue weighted by Crippen LogP contribution is 2.21. The molecule has 1 fully saturated rings. The molecule has 1 aromatic heterocycles. The van der Waals surface area contributed by atoms with Crippen molar-refractivity contribution in [1.82, 2.24) is 4.98 Å². The van der Waals surface area contributed by atoms with E-state index in [1.807, 2.05) is 0 Å². The third-order valence-corrected chi connectivity index (χ3v) is 5.22. The lowest BCUT2D eigenvalue weighted by Gasteiger charge is -2.12. The number of anilines is 1. The van der Waals surface area contributed by atoms with Gasteiger partial charge in [0.2, 0.25) is 5.88 Å². The Morgan fingerprint density at radius 1 is 1.59 bits per heavy atom. The normalized spacial score (nSPS) is 22.3. The van der Waals surface area contributed by atoms with Crippen LogP contribution in [-0.4, -0.2) is 38.1 Å². The summed E-state index contributed by atoms with van der Waals surface area (Å²) in [7, 11) is -1.33. The topological polar surface area (TPSA) is 68.3 Å². The molecule has 0 aromatic carbocycles. The lowest BCUT2D eigenvalue weighted by atomic mass is 10.2. The van der Waals surface area contributed by atoms with Crippen molar-refractivity contribution in [2.75, 3.05) is 24.7 Å². The maximum Gasteiger partial charge on any atom is 0.214 e. The molecule has 0 spiro atoms. The maximum absolute atomic E-state index is 11.6. The van der Waals surface area contributed by atoms with Crippen LogP contribution in [0.4, 0.5) is 5.69 Å². The highest BCUT2D eigenvalue weighted by atomic mass is 32.2. The van der Waals surface area contributed by atoms with E-state index >= 15 is 0 Å². The number of nitrogens with one attached hydrogen (secondary N) is 1. The molecule has 0 amide bonds. The van der Waals surface area contributed by atoms with Crippen molar-refractivity contribution >= 4 is 15.5 Å². The predicted octanol–water partition coefficient (Wildman–Crippen LogP) is 1.08. The fraction of sp³-hybridized carbons (Fsp3) is 0.545. The summed E-state index contributed by atoms with van der Waals surface area (Å²) in [5, 5.41) is 2.86. The number of rotatable bonds is 4. The number of methoxy groups -OCH3 is 1. The second-order valence-corrected chi connectivity index (χ2v) is 6.50. The number of hydrogen-bond donors (Lipinski definition) is 1. The zero-order chi connectivity index (χ0) is 12.3.